The van der Waals surface area contributed by atoms with Gasteiger partial charge in [0.2, 0.25) is 11.8 Å². The normalized spacial score (nSPS) is 16.5. The Kier molecular flexibility index (Phi) is 6.36. The second-order valence-corrected chi connectivity index (χ2v) is 8.40. The van der Waals surface area contributed by atoms with E-state index in [1.54, 1.807) is 11.3 Å². The van der Waals surface area contributed by atoms with Gasteiger partial charge >= 0.3 is 0 Å². The van der Waals surface area contributed by atoms with Crippen molar-refractivity contribution >= 4 is 17.2 Å². The quantitative estimate of drug-likeness (QED) is 0.616. The fourth-order valence-corrected chi connectivity index (χ4v) is 4.45. The van der Waals surface area contributed by atoms with E-state index in [1.807, 2.05) is 18.2 Å². The van der Waals surface area contributed by atoms with Gasteiger partial charge in [0.15, 0.2) is 5.82 Å². The molecular formula is C22H26N4O2S. The number of hydrogen-bond acceptors (Lipinski definition) is 6. The molecule has 1 amide bonds. The smallest absolute Gasteiger partial charge is 0.240 e. The molecule has 0 radical (unpaired) electrons. The molecule has 1 aromatic carbocycles. The van der Waals surface area contributed by atoms with E-state index in [1.165, 1.54) is 16.0 Å². The number of benzene rings is 1. The molecule has 3 heterocycles. The van der Waals surface area contributed by atoms with Gasteiger partial charge in [-0.15, -0.1) is 11.3 Å². The summed E-state index contributed by atoms with van der Waals surface area (Å²) in [5.74, 6) is 1.37. The van der Waals surface area contributed by atoms with Crippen molar-refractivity contribution in [1.82, 2.24) is 20.4 Å². The van der Waals surface area contributed by atoms with Crippen LogP contribution in [0.2, 0.25) is 0 Å². The molecule has 0 fully saturated rings. The van der Waals surface area contributed by atoms with Crippen LogP contribution in [-0.2, 0) is 37.1 Å². The Morgan fingerprint density at radius 3 is 2.90 bits per heavy atom. The van der Waals surface area contributed by atoms with Crippen LogP contribution in [0.3, 0.4) is 0 Å². The molecule has 29 heavy (non-hydrogen) atoms. The van der Waals surface area contributed by atoms with Crippen molar-refractivity contribution in [3.8, 4) is 0 Å². The monoisotopic (exact) mass is 410 g/mol. The first-order chi connectivity index (χ1) is 14.2. The molecule has 7 heteroatoms. The number of rotatable bonds is 8. The molecular weight excluding hydrogens is 384 g/mol. The molecule has 1 aliphatic heterocycles. The third-order valence-corrected chi connectivity index (χ3v) is 6.16. The summed E-state index contributed by atoms with van der Waals surface area (Å²) >= 11 is 1.72. The molecule has 0 spiro atoms. The Morgan fingerprint density at radius 1 is 1.24 bits per heavy atom. The first-order valence-electron chi connectivity index (χ1n) is 10.2. The SMILES string of the molecule is CCCc1noc(CN2Cc3ccccc3CC2C(=O)NCCc2cccs2)n1. The average Bonchev–Trinajstić information content (AvgIpc) is 3.40. The zero-order valence-electron chi connectivity index (χ0n) is 16.6. The largest absolute Gasteiger partial charge is 0.354 e. The number of thiophene rings is 1. The molecule has 1 unspecified atom stereocenters. The van der Waals surface area contributed by atoms with Crippen LogP contribution in [0.4, 0.5) is 0 Å². The lowest BCUT2D eigenvalue weighted by molar-refractivity contribution is -0.127. The maximum absolute atomic E-state index is 13.0. The first-order valence-corrected chi connectivity index (χ1v) is 11.0. The van der Waals surface area contributed by atoms with E-state index >= 15 is 0 Å². The molecule has 0 saturated heterocycles. The second kappa shape index (κ2) is 9.33. The molecule has 3 aromatic rings. The highest BCUT2D eigenvalue weighted by atomic mass is 32.1. The van der Waals surface area contributed by atoms with Crippen LogP contribution < -0.4 is 5.32 Å². The van der Waals surface area contributed by atoms with Crippen molar-refractivity contribution in [2.45, 2.75) is 51.7 Å². The van der Waals surface area contributed by atoms with Gasteiger partial charge in [0, 0.05) is 24.4 Å². The van der Waals surface area contributed by atoms with Crippen LogP contribution in [0.25, 0.3) is 0 Å². The number of aryl methyl sites for hydroxylation is 1. The summed E-state index contributed by atoms with van der Waals surface area (Å²) in [6, 6.07) is 12.2. The minimum absolute atomic E-state index is 0.0596. The first kappa shape index (κ1) is 19.8. The van der Waals surface area contributed by atoms with Gasteiger partial charge in [-0.25, -0.2) is 0 Å². The molecule has 1 atom stereocenters. The molecule has 0 aliphatic carbocycles. The molecule has 2 aromatic heterocycles. The standard InChI is InChI=1S/C22H26N4O2S/c1-2-6-20-24-21(28-25-20)15-26-14-17-8-4-3-7-16(17)13-19(26)22(27)23-11-10-18-9-5-12-29-18/h3-5,7-9,12,19H,2,6,10-11,13-15H2,1H3,(H,23,27). The van der Waals surface area contributed by atoms with Gasteiger partial charge in [-0.1, -0.05) is 42.4 Å². The van der Waals surface area contributed by atoms with Crippen molar-refractivity contribution in [1.29, 1.82) is 0 Å². The Hall–Kier alpha value is -2.51. The predicted molar refractivity (Wildman–Crippen MR) is 113 cm³/mol. The highest BCUT2D eigenvalue weighted by Gasteiger charge is 2.32. The van der Waals surface area contributed by atoms with Gasteiger partial charge in [0.1, 0.15) is 0 Å². The molecule has 0 bridgehead atoms. The number of amides is 1. The topological polar surface area (TPSA) is 71.3 Å². The summed E-state index contributed by atoms with van der Waals surface area (Å²) in [4.78, 5) is 20.9. The van der Waals surface area contributed by atoms with E-state index in [0.29, 0.717) is 31.9 Å². The predicted octanol–water partition coefficient (Wildman–Crippen LogP) is 3.37. The average molecular weight is 411 g/mol. The molecule has 4 rings (SSSR count). The maximum Gasteiger partial charge on any atom is 0.240 e. The number of fused-ring (bicyclic) bond motifs is 1. The minimum atomic E-state index is -0.241. The van der Waals surface area contributed by atoms with Crippen LogP contribution in [0, 0.1) is 0 Å². The lowest BCUT2D eigenvalue weighted by Crippen LogP contribution is -2.50. The van der Waals surface area contributed by atoms with Gasteiger partial charge < -0.3 is 9.84 Å². The molecule has 1 N–H and O–H groups in total. The third-order valence-electron chi connectivity index (χ3n) is 5.22. The van der Waals surface area contributed by atoms with Gasteiger partial charge in [0.25, 0.3) is 0 Å². The Bertz CT molecular complexity index is 938. The number of carbonyl (C=O) groups excluding carboxylic acids is 1. The fourth-order valence-electron chi connectivity index (χ4n) is 3.74. The summed E-state index contributed by atoms with van der Waals surface area (Å²) in [6.07, 6.45) is 3.33. The zero-order valence-corrected chi connectivity index (χ0v) is 17.5. The van der Waals surface area contributed by atoms with Crippen molar-refractivity contribution in [3.05, 3.63) is 69.5 Å². The Labute approximate surface area is 174 Å². The van der Waals surface area contributed by atoms with Gasteiger partial charge in [0.05, 0.1) is 12.6 Å². The molecule has 1 aliphatic rings. The molecule has 6 nitrogen and oxygen atoms in total. The minimum Gasteiger partial charge on any atom is -0.354 e. The van der Waals surface area contributed by atoms with Gasteiger partial charge in [-0.05, 0) is 41.8 Å². The van der Waals surface area contributed by atoms with Crippen molar-refractivity contribution in [2.24, 2.45) is 0 Å². The second-order valence-electron chi connectivity index (χ2n) is 7.37. The van der Waals surface area contributed by atoms with E-state index < -0.39 is 0 Å². The van der Waals surface area contributed by atoms with Gasteiger partial charge in [-0.2, -0.15) is 4.98 Å². The van der Waals surface area contributed by atoms with Crippen LogP contribution >= 0.6 is 11.3 Å². The summed E-state index contributed by atoms with van der Waals surface area (Å²) in [6.45, 7) is 3.92. The Morgan fingerprint density at radius 2 is 2.10 bits per heavy atom. The lowest BCUT2D eigenvalue weighted by Gasteiger charge is -2.35. The number of carbonyl (C=O) groups is 1. The highest BCUT2D eigenvalue weighted by molar-refractivity contribution is 7.09. The summed E-state index contributed by atoms with van der Waals surface area (Å²) < 4.78 is 5.43. The number of nitrogens with one attached hydrogen (secondary N) is 1. The van der Waals surface area contributed by atoms with E-state index in [9.17, 15) is 4.79 Å². The van der Waals surface area contributed by atoms with Crippen LogP contribution in [0.1, 0.15) is 41.1 Å². The van der Waals surface area contributed by atoms with E-state index in [0.717, 1.165) is 25.1 Å². The number of nitrogens with zero attached hydrogens (tertiary/aromatic N) is 3. The summed E-state index contributed by atoms with van der Waals surface area (Å²) in [7, 11) is 0. The lowest BCUT2D eigenvalue weighted by atomic mass is 9.93. The molecule has 0 saturated carbocycles. The summed E-state index contributed by atoms with van der Waals surface area (Å²) in [5.41, 5.74) is 2.49. The number of aromatic nitrogens is 2. The van der Waals surface area contributed by atoms with Crippen molar-refractivity contribution in [3.63, 3.8) is 0 Å². The summed E-state index contributed by atoms with van der Waals surface area (Å²) in [5, 5.41) is 9.24. The van der Waals surface area contributed by atoms with Crippen molar-refractivity contribution in [2.75, 3.05) is 6.54 Å². The van der Waals surface area contributed by atoms with E-state index in [2.05, 4.69) is 50.9 Å². The molecule has 152 valence electrons. The van der Waals surface area contributed by atoms with E-state index in [-0.39, 0.29) is 11.9 Å². The van der Waals surface area contributed by atoms with Crippen LogP contribution in [-0.4, -0.2) is 33.5 Å². The van der Waals surface area contributed by atoms with E-state index in [4.69, 9.17) is 4.52 Å². The van der Waals surface area contributed by atoms with Gasteiger partial charge in [-0.3, -0.25) is 9.69 Å². The van der Waals surface area contributed by atoms with Crippen LogP contribution in [0.5, 0.6) is 0 Å². The van der Waals surface area contributed by atoms with Crippen LogP contribution in [0.15, 0.2) is 46.3 Å². The highest BCUT2D eigenvalue weighted by Crippen LogP contribution is 2.25. The number of hydrogen-bond donors (Lipinski definition) is 1. The fraction of sp³-hybridized carbons (Fsp3) is 0.409. The third kappa shape index (κ3) is 4.92. The Balaban J connectivity index is 1.45. The van der Waals surface area contributed by atoms with Crippen molar-refractivity contribution < 1.29 is 9.32 Å². The maximum atomic E-state index is 13.0. The zero-order chi connectivity index (χ0) is 20.1.